The third-order valence-electron chi connectivity index (χ3n) is 5.27. The molecule has 0 N–H and O–H groups in total. The summed E-state index contributed by atoms with van der Waals surface area (Å²) in [6.45, 7) is 1.24. The third kappa shape index (κ3) is 1.89. The minimum Gasteiger partial charge on any atom is -0.421 e. The molecule has 0 unspecified atom stereocenters. The van der Waals surface area contributed by atoms with Crippen LogP contribution in [-0.2, 0) is 28.7 Å². The van der Waals surface area contributed by atoms with Gasteiger partial charge in [0.1, 0.15) is 0 Å². The zero-order chi connectivity index (χ0) is 16.2. The van der Waals surface area contributed by atoms with Crippen molar-refractivity contribution in [2.75, 3.05) is 0 Å². The van der Waals surface area contributed by atoms with Crippen molar-refractivity contribution in [3.05, 3.63) is 12.2 Å². The molecule has 3 fully saturated rings. The van der Waals surface area contributed by atoms with Crippen molar-refractivity contribution in [3.8, 4) is 0 Å². The molecule has 0 amide bonds. The molecule has 2 bridgehead atoms. The Hall–Kier alpha value is -1.89. The van der Waals surface area contributed by atoms with E-state index < -0.39 is 35.2 Å². The van der Waals surface area contributed by atoms with Crippen molar-refractivity contribution >= 4 is 17.9 Å². The Morgan fingerprint density at radius 2 is 1.83 bits per heavy atom. The molecule has 23 heavy (non-hydrogen) atoms. The average Bonchev–Trinajstić information content (AvgIpc) is 3.06. The van der Waals surface area contributed by atoms with E-state index >= 15 is 0 Å². The van der Waals surface area contributed by atoms with E-state index in [1.54, 1.807) is 0 Å². The van der Waals surface area contributed by atoms with Gasteiger partial charge in [-0.3, -0.25) is 4.79 Å². The molecule has 2 atom stereocenters. The lowest BCUT2D eigenvalue weighted by molar-refractivity contribution is -0.293. The van der Waals surface area contributed by atoms with Gasteiger partial charge in [-0.2, -0.15) is 0 Å². The van der Waals surface area contributed by atoms with Gasteiger partial charge in [0.05, 0.1) is 6.04 Å². The number of hydrogen-bond donors (Lipinski definition) is 0. The van der Waals surface area contributed by atoms with Crippen molar-refractivity contribution in [2.45, 2.75) is 62.8 Å². The van der Waals surface area contributed by atoms with Crippen LogP contribution in [0.1, 0.15) is 45.4 Å². The molecule has 0 aromatic rings. The Bertz CT molecular complexity index is 586. The fourth-order valence-electron chi connectivity index (χ4n) is 4.24. The second-order valence-electron chi connectivity index (χ2n) is 6.72. The van der Waals surface area contributed by atoms with Gasteiger partial charge in [-0.15, -0.1) is 5.06 Å². The lowest BCUT2D eigenvalue weighted by Crippen LogP contribution is -2.69. The molecule has 0 aromatic heterocycles. The fourth-order valence-corrected chi connectivity index (χ4v) is 4.24. The molecule has 124 valence electrons. The van der Waals surface area contributed by atoms with Crippen LogP contribution >= 0.6 is 0 Å². The normalized spacial score (nSPS) is 33.8. The number of carbonyl (C=O) groups excluding carboxylic acids is 3. The Morgan fingerprint density at radius 1 is 1.17 bits per heavy atom. The Kier molecular flexibility index (Phi) is 3.07. The van der Waals surface area contributed by atoms with Crippen molar-refractivity contribution in [1.29, 1.82) is 0 Å². The van der Waals surface area contributed by atoms with E-state index in [1.807, 2.05) is 12.2 Å². The number of hydroxylamine groups is 2. The molecule has 2 heterocycles. The molecule has 2 aliphatic carbocycles. The molecule has 2 spiro atoms. The minimum absolute atomic E-state index is 0.301. The molecule has 4 rings (SSSR count). The van der Waals surface area contributed by atoms with E-state index in [9.17, 15) is 14.4 Å². The highest BCUT2D eigenvalue weighted by atomic mass is 16.8. The van der Waals surface area contributed by atoms with E-state index in [1.165, 1.54) is 12.0 Å². The van der Waals surface area contributed by atoms with Gasteiger partial charge < -0.3 is 14.3 Å². The Morgan fingerprint density at radius 3 is 2.43 bits per heavy atom. The highest BCUT2D eigenvalue weighted by Crippen LogP contribution is 2.51. The lowest BCUT2D eigenvalue weighted by atomic mass is 9.83. The number of fused-ring (bicyclic) bond motifs is 3. The van der Waals surface area contributed by atoms with E-state index in [2.05, 4.69) is 0 Å². The van der Waals surface area contributed by atoms with Gasteiger partial charge in [0.25, 0.3) is 11.3 Å². The van der Waals surface area contributed by atoms with Gasteiger partial charge in [-0.25, -0.2) is 9.59 Å². The Labute approximate surface area is 133 Å². The number of rotatable bonds is 1. The lowest BCUT2D eigenvalue weighted by Gasteiger charge is -2.47. The summed E-state index contributed by atoms with van der Waals surface area (Å²) >= 11 is 0. The summed E-state index contributed by atoms with van der Waals surface area (Å²) in [6.07, 6.45) is 7.98. The second kappa shape index (κ2) is 4.80. The second-order valence-corrected chi connectivity index (χ2v) is 6.72. The summed E-state index contributed by atoms with van der Waals surface area (Å²) in [5.74, 6) is -3.43. The standard InChI is InChI=1S/C16H19NO6/c1-10(18)23-17-12-6-5-11(9-12)16(17)13(19)21-15(22-14(16)20)7-3-2-4-8-15/h5-6,11-12H,2-4,7-9H2,1H3/t11-,12+/m0/s1. The van der Waals surface area contributed by atoms with E-state index in [4.69, 9.17) is 14.3 Å². The summed E-state index contributed by atoms with van der Waals surface area (Å²) in [7, 11) is 0. The maximum atomic E-state index is 12.9. The number of carbonyl (C=O) groups is 3. The van der Waals surface area contributed by atoms with Crippen LogP contribution < -0.4 is 0 Å². The zero-order valence-corrected chi connectivity index (χ0v) is 12.9. The molecule has 7 heteroatoms. The minimum atomic E-state index is -1.69. The van der Waals surface area contributed by atoms with Gasteiger partial charge in [0.2, 0.25) is 0 Å². The van der Waals surface area contributed by atoms with Crippen LogP contribution in [0.5, 0.6) is 0 Å². The van der Waals surface area contributed by atoms with Crippen LogP contribution in [-0.4, -0.2) is 40.3 Å². The average molecular weight is 321 g/mol. The summed E-state index contributed by atoms with van der Waals surface area (Å²) in [6, 6.07) is -0.301. The first-order chi connectivity index (χ1) is 11.0. The van der Waals surface area contributed by atoms with E-state index in [-0.39, 0.29) is 6.04 Å². The van der Waals surface area contributed by atoms with E-state index in [0.717, 1.165) is 19.3 Å². The summed E-state index contributed by atoms with van der Waals surface area (Å²) < 4.78 is 11.3. The van der Waals surface area contributed by atoms with Crippen molar-refractivity contribution in [2.24, 2.45) is 5.92 Å². The van der Waals surface area contributed by atoms with Gasteiger partial charge in [-0.1, -0.05) is 18.6 Å². The predicted molar refractivity (Wildman–Crippen MR) is 75.4 cm³/mol. The van der Waals surface area contributed by atoms with Crippen molar-refractivity contribution in [1.82, 2.24) is 5.06 Å². The topological polar surface area (TPSA) is 82.1 Å². The maximum absolute atomic E-state index is 12.9. The van der Waals surface area contributed by atoms with Crippen LogP contribution in [0.25, 0.3) is 0 Å². The van der Waals surface area contributed by atoms with Gasteiger partial charge in [0.15, 0.2) is 0 Å². The highest BCUT2D eigenvalue weighted by molar-refractivity contribution is 6.08. The van der Waals surface area contributed by atoms with Crippen LogP contribution in [0, 0.1) is 5.92 Å². The highest BCUT2D eigenvalue weighted by Gasteiger charge is 2.72. The fraction of sp³-hybridized carbons (Fsp3) is 0.688. The molecule has 0 aromatic carbocycles. The number of hydrogen-bond acceptors (Lipinski definition) is 7. The molecule has 2 aliphatic heterocycles. The maximum Gasteiger partial charge on any atom is 0.345 e. The number of ether oxygens (including phenoxy) is 2. The predicted octanol–water partition coefficient (Wildman–Crippen LogP) is 1.22. The third-order valence-corrected chi connectivity index (χ3v) is 5.27. The monoisotopic (exact) mass is 321 g/mol. The van der Waals surface area contributed by atoms with E-state index in [0.29, 0.717) is 19.3 Å². The summed E-state index contributed by atoms with van der Waals surface area (Å²) in [5.41, 5.74) is -1.69. The number of esters is 2. The Balaban J connectivity index is 1.70. The first kappa shape index (κ1) is 14.7. The summed E-state index contributed by atoms with van der Waals surface area (Å²) in [4.78, 5) is 42.4. The van der Waals surface area contributed by atoms with Crippen LogP contribution in [0.2, 0.25) is 0 Å². The van der Waals surface area contributed by atoms with Gasteiger partial charge >= 0.3 is 17.9 Å². The molecular weight excluding hydrogens is 302 g/mol. The smallest absolute Gasteiger partial charge is 0.345 e. The first-order valence-corrected chi connectivity index (χ1v) is 8.11. The molecule has 2 saturated heterocycles. The molecular formula is C16H19NO6. The quantitative estimate of drug-likeness (QED) is 0.408. The van der Waals surface area contributed by atoms with Crippen LogP contribution in [0.4, 0.5) is 0 Å². The number of nitrogens with zero attached hydrogens (tertiary/aromatic N) is 1. The molecule has 0 radical (unpaired) electrons. The van der Waals surface area contributed by atoms with Gasteiger partial charge in [-0.05, 0) is 19.3 Å². The molecule has 7 nitrogen and oxygen atoms in total. The first-order valence-electron chi connectivity index (χ1n) is 8.11. The van der Waals surface area contributed by atoms with Gasteiger partial charge in [0, 0.05) is 25.7 Å². The largest absolute Gasteiger partial charge is 0.421 e. The summed E-state index contributed by atoms with van der Waals surface area (Å²) in [5, 5.41) is 1.18. The van der Waals surface area contributed by atoms with Crippen LogP contribution in [0.3, 0.4) is 0 Å². The van der Waals surface area contributed by atoms with Crippen LogP contribution in [0.15, 0.2) is 12.2 Å². The SMILES string of the molecule is CC(=O)ON1[C@@H]2C=C[C@@H](C2)C12C(=O)OC1(CCCCC1)OC2=O. The zero-order valence-electron chi connectivity index (χ0n) is 12.9. The molecule has 1 saturated carbocycles. The van der Waals surface area contributed by atoms with Crippen molar-refractivity contribution < 1.29 is 28.7 Å². The molecule has 4 aliphatic rings. The van der Waals surface area contributed by atoms with Crippen molar-refractivity contribution in [3.63, 3.8) is 0 Å².